The topological polar surface area (TPSA) is 71.8 Å². The lowest BCUT2D eigenvalue weighted by atomic mass is 10.2. The van der Waals surface area contributed by atoms with Crippen LogP contribution in [0, 0.1) is 0 Å². The molecular weight excluding hydrogens is 278 g/mol. The first-order chi connectivity index (χ1) is 9.20. The Hall–Kier alpha value is -1.92. The molecule has 0 aliphatic rings. The van der Waals surface area contributed by atoms with Crippen LogP contribution in [0.2, 0.25) is 0 Å². The highest BCUT2D eigenvalue weighted by molar-refractivity contribution is 5.85. The van der Waals surface area contributed by atoms with Gasteiger partial charge in [0.15, 0.2) is 0 Å². The van der Waals surface area contributed by atoms with Crippen LogP contribution in [-0.4, -0.2) is 34.5 Å². The molecule has 2 aromatic rings. The van der Waals surface area contributed by atoms with Gasteiger partial charge in [-0.05, 0) is 26.1 Å². The third-order valence-corrected chi connectivity index (χ3v) is 2.69. The van der Waals surface area contributed by atoms with Crippen LogP contribution in [0.4, 0.5) is 0 Å². The van der Waals surface area contributed by atoms with Gasteiger partial charge in [0.1, 0.15) is 5.69 Å². The van der Waals surface area contributed by atoms with Crippen molar-refractivity contribution in [3.05, 3.63) is 42.2 Å². The van der Waals surface area contributed by atoms with Crippen molar-refractivity contribution in [1.29, 1.82) is 0 Å². The molecule has 7 heteroatoms. The first-order valence-electron chi connectivity index (χ1n) is 6.12. The molecule has 2 N–H and O–H groups in total. The summed E-state index contributed by atoms with van der Waals surface area (Å²) in [5, 5.41) is 13.8. The van der Waals surface area contributed by atoms with E-state index in [2.05, 4.69) is 20.9 Å². The molecule has 1 aromatic heterocycles. The number of nitrogens with zero attached hydrogens (tertiary/aromatic N) is 3. The standard InChI is InChI=1S/C13H17N5O.ClH/c1-10(15-13(19)8-14-2)12-9-18(17-16-12)11-6-4-3-5-7-11;/h3-7,9-10,14H,8H2,1-2H3,(H,15,19);1H. The summed E-state index contributed by atoms with van der Waals surface area (Å²) in [4.78, 5) is 11.5. The normalized spacial score (nSPS) is 11.5. The van der Waals surface area contributed by atoms with E-state index in [-0.39, 0.29) is 30.9 Å². The minimum Gasteiger partial charge on any atom is -0.347 e. The summed E-state index contributed by atoms with van der Waals surface area (Å²) in [6.07, 6.45) is 1.82. The Morgan fingerprint density at radius 1 is 1.35 bits per heavy atom. The molecule has 2 rings (SSSR count). The van der Waals surface area contributed by atoms with Crippen LogP contribution in [-0.2, 0) is 4.79 Å². The van der Waals surface area contributed by atoms with Gasteiger partial charge in [0, 0.05) is 0 Å². The third-order valence-electron chi connectivity index (χ3n) is 2.69. The van der Waals surface area contributed by atoms with Gasteiger partial charge < -0.3 is 10.6 Å². The van der Waals surface area contributed by atoms with Crippen molar-refractivity contribution in [2.24, 2.45) is 0 Å². The van der Waals surface area contributed by atoms with Gasteiger partial charge in [-0.25, -0.2) is 4.68 Å². The Kier molecular flexibility index (Phi) is 6.14. The van der Waals surface area contributed by atoms with E-state index < -0.39 is 0 Å². The molecule has 1 aromatic carbocycles. The number of nitrogens with one attached hydrogen (secondary N) is 2. The van der Waals surface area contributed by atoms with E-state index in [1.807, 2.05) is 43.5 Å². The molecule has 1 heterocycles. The number of benzene rings is 1. The molecule has 20 heavy (non-hydrogen) atoms. The number of amides is 1. The molecule has 6 nitrogen and oxygen atoms in total. The van der Waals surface area contributed by atoms with Gasteiger partial charge in [0.05, 0.1) is 24.5 Å². The van der Waals surface area contributed by atoms with E-state index in [0.717, 1.165) is 11.4 Å². The zero-order valence-corrected chi connectivity index (χ0v) is 12.2. The number of rotatable bonds is 5. The first-order valence-corrected chi connectivity index (χ1v) is 6.12. The Bertz CT molecular complexity index is 543. The van der Waals surface area contributed by atoms with Crippen LogP contribution in [0.15, 0.2) is 36.5 Å². The quantitative estimate of drug-likeness (QED) is 0.866. The van der Waals surface area contributed by atoms with Gasteiger partial charge >= 0.3 is 0 Å². The zero-order valence-electron chi connectivity index (χ0n) is 11.4. The van der Waals surface area contributed by atoms with Crippen LogP contribution in [0.25, 0.3) is 5.69 Å². The van der Waals surface area contributed by atoms with Crippen LogP contribution >= 0.6 is 12.4 Å². The number of likely N-dealkylation sites (N-methyl/N-ethyl adjacent to an activating group) is 1. The average Bonchev–Trinajstić information content (AvgIpc) is 2.89. The molecule has 1 amide bonds. The van der Waals surface area contributed by atoms with Gasteiger partial charge in [-0.2, -0.15) is 0 Å². The highest BCUT2D eigenvalue weighted by Gasteiger charge is 2.12. The fourth-order valence-corrected chi connectivity index (χ4v) is 1.71. The van der Waals surface area contributed by atoms with Gasteiger partial charge in [-0.3, -0.25) is 4.79 Å². The van der Waals surface area contributed by atoms with Crippen molar-refractivity contribution < 1.29 is 4.79 Å². The number of halogens is 1. The summed E-state index contributed by atoms with van der Waals surface area (Å²) in [6.45, 7) is 2.17. The molecule has 0 radical (unpaired) electrons. The molecule has 1 atom stereocenters. The Labute approximate surface area is 124 Å². The van der Waals surface area contributed by atoms with Gasteiger partial charge in [-0.1, -0.05) is 23.4 Å². The fraction of sp³-hybridized carbons (Fsp3) is 0.308. The lowest BCUT2D eigenvalue weighted by Crippen LogP contribution is -2.34. The van der Waals surface area contributed by atoms with Crippen LogP contribution < -0.4 is 10.6 Å². The maximum Gasteiger partial charge on any atom is 0.234 e. The predicted molar refractivity (Wildman–Crippen MR) is 79.1 cm³/mol. The van der Waals surface area contributed by atoms with Crippen LogP contribution in [0.1, 0.15) is 18.7 Å². The minimum atomic E-state index is -0.168. The molecule has 0 saturated carbocycles. The third kappa shape index (κ3) is 4.04. The smallest absolute Gasteiger partial charge is 0.234 e. The molecule has 0 aliphatic heterocycles. The maximum atomic E-state index is 11.5. The van der Waals surface area contributed by atoms with E-state index in [4.69, 9.17) is 0 Å². The summed E-state index contributed by atoms with van der Waals surface area (Å²) < 4.78 is 1.69. The average molecular weight is 296 g/mol. The summed E-state index contributed by atoms with van der Waals surface area (Å²) >= 11 is 0. The Morgan fingerprint density at radius 2 is 2.05 bits per heavy atom. The maximum absolute atomic E-state index is 11.5. The number of para-hydroxylation sites is 1. The molecular formula is C13H18ClN5O. The summed E-state index contributed by atoms with van der Waals surface area (Å²) in [6, 6.07) is 9.55. The lowest BCUT2D eigenvalue weighted by molar-refractivity contribution is -0.120. The van der Waals surface area contributed by atoms with Crippen molar-refractivity contribution in [2.75, 3.05) is 13.6 Å². The molecule has 0 aliphatic carbocycles. The first kappa shape index (κ1) is 16.1. The number of carbonyl (C=O) groups excluding carboxylic acids is 1. The van der Waals surface area contributed by atoms with Crippen LogP contribution in [0.5, 0.6) is 0 Å². The summed E-state index contributed by atoms with van der Waals surface area (Å²) in [5.41, 5.74) is 1.67. The van der Waals surface area contributed by atoms with Gasteiger partial charge in [0.2, 0.25) is 5.91 Å². The van der Waals surface area contributed by atoms with E-state index in [0.29, 0.717) is 0 Å². The molecule has 0 fully saturated rings. The van der Waals surface area contributed by atoms with E-state index >= 15 is 0 Å². The van der Waals surface area contributed by atoms with Crippen molar-refractivity contribution in [3.8, 4) is 5.69 Å². The SMILES string of the molecule is CNCC(=O)NC(C)c1cn(-c2ccccc2)nn1.Cl. The van der Waals surface area contributed by atoms with E-state index in [9.17, 15) is 4.79 Å². The van der Waals surface area contributed by atoms with E-state index in [1.165, 1.54) is 0 Å². The van der Waals surface area contributed by atoms with Gasteiger partial charge in [-0.15, -0.1) is 17.5 Å². The number of aromatic nitrogens is 3. The number of hydrogen-bond donors (Lipinski definition) is 2. The lowest BCUT2D eigenvalue weighted by Gasteiger charge is -2.10. The molecule has 0 spiro atoms. The summed E-state index contributed by atoms with van der Waals surface area (Å²) in [5.74, 6) is -0.0655. The minimum absolute atomic E-state index is 0. The number of hydrogen-bond acceptors (Lipinski definition) is 4. The highest BCUT2D eigenvalue weighted by Crippen LogP contribution is 2.11. The van der Waals surface area contributed by atoms with Crippen molar-refractivity contribution in [2.45, 2.75) is 13.0 Å². The predicted octanol–water partition coefficient (Wildman–Crippen LogP) is 1.09. The molecule has 0 saturated heterocycles. The second-order valence-corrected chi connectivity index (χ2v) is 4.24. The Morgan fingerprint density at radius 3 is 2.70 bits per heavy atom. The summed E-state index contributed by atoms with van der Waals surface area (Å²) in [7, 11) is 1.73. The Balaban J connectivity index is 0.00000200. The fourth-order valence-electron chi connectivity index (χ4n) is 1.71. The van der Waals surface area contributed by atoms with Gasteiger partial charge in [0.25, 0.3) is 0 Å². The largest absolute Gasteiger partial charge is 0.347 e. The van der Waals surface area contributed by atoms with Crippen LogP contribution in [0.3, 0.4) is 0 Å². The number of carbonyl (C=O) groups is 1. The zero-order chi connectivity index (χ0) is 13.7. The van der Waals surface area contributed by atoms with Crippen molar-refractivity contribution in [1.82, 2.24) is 25.6 Å². The van der Waals surface area contributed by atoms with Crippen molar-refractivity contribution in [3.63, 3.8) is 0 Å². The van der Waals surface area contributed by atoms with Crippen molar-refractivity contribution >= 4 is 18.3 Å². The monoisotopic (exact) mass is 295 g/mol. The van der Waals surface area contributed by atoms with E-state index in [1.54, 1.807) is 11.7 Å². The molecule has 1 unspecified atom stereocenters. The molecule has 108 valence electrons. The highest BCUT2D eigenvalue weighted by atomic mass is 35.5. The second-order valence-electron chi connectivity index (χ2n) is 4.24. The second kappa shape index (κ2) is 7.62. The molecule has 0 bridgehead atoms.